The summed E-state index contributed by atoms with van der Waals surface area (Å²) in [5.74, 6) is -0.998. The minimum Gasteiger partial charge on any atom is -0.335 e. The number of benzene rings is 2. The topological polar surface area (TPSA) is 42.2 Å². The molecule has 2 unspecified atom stereocenters. The van der Waals surface area contributed by atoms with Crippen LogP contribution in [-0.2, 0) is 15.3 Å². The highest BCUT2D eigenvalue weighted by Crippen LogP contribution is 2.42. The molecule has 1 aliphatic heterocycles. The summed E-state index contributed by atoms with van der Waals surface area (Å²) in [4.78, 5) is 0. The summed E-state index contributed by atoms with van der Waals surface area (Å²) in [5.41, 5.74) is 1.80. The fraction of sp³-hybridized carbons (Fsp3) is 0.235. The molecule has 0 bridgehead atoms. The lowest BCUT2D eigenvalue weighted by molar-refractivity contribution is -0.145. The van der Waals surface area contributed by atoms with Gasteiger partial charge in [0.1, 0.15) is 0 Å². The van der Waals surface area contributed by atoms with Gasteiger partial charge in [-0.05, 0) is 6.92 Å². The average molecular weight is 265 g/mol. The van der Waals surface area contributed by atoms with Crippen LogP contribution in [0.4, 0.5) is 0 Å². The van der Waals surface area contributed by atoms with E-state index in [0.29, 0.717) is 0 Å². The summed E-state index contributed by atoms with van der Waals surface area (Å²) in [6.45, 7) is 1.86. The molecule has 3 heteroatoms. The number of nitriles is 1. The Labute approximate surface area is 118 Å². The van der Waals surface area contributed by atoms with E-state index in [4.69, 9.17) is 9.47 Å². The summed E-state index contributed by atoms with van der Waals surface area (Å²) < 4.78 is 12.1. The van der Waals surface area contributed by atoms with Crippen LogP contribution in [0.3, 0.4) is 0 Å². The van der Waals surface area contributed by atoms with E-state index in [1.807, 2.05) is 67.6 Å². The molecular formula is C17H15NO2. The Morgan fingerprint density at radius 3 is 1.80 bits per heavy atom. The second-order valence-electron chi connectivity index (χ2n) is 4.84. The summed E-state index contributed by atoms with van der Waals surface area (Å²) in [6, 6.07) is 21.7. The number of rotatable bonds is 2. The molecule has 1 saturated heterocycles. The van der Waals surface area contributed by atoms with Crippen molar-refractivity contribution >= 4 is 0 Å². The predicted octanol–water partition coefficient (Wildman–Crippen LogP) is 3.22. The van der Waals surface area contributed by atoms with Crippen molar-refractivity contribution < 1.29 is 9.47 Å². The smallest absolute Gasteiger partial charge is 0.224 e. The summed E-state index contributed by atoms with van der Waals surface area (Å²) >= 11 is 0. The summed E-state index contributed by atoms with van der Waals surface area (Å²) in [5, 5.41) is 9.21. The molecule has 0 aliphatic carbocycles. The molecule has 2 aromatic carbocycles. The van der Waals surface area contributed by atoms with Gasteiger partial charge in [0.2, 0.25) is 5.79 Å². The Kier molecular flexibility index (Phi) is 3.27. The molecule has 3 nitrogen and oxygen atoms in total. The van der Waals surface area contributed by atoms with Crippen LogP contribution in [0.2, 0.25) is 0 Å². The van der Waals surface area contributed by atoms with Crippen LogP contribution in [-0.4, -0.2) is 12.2 Å². The first kappa shape index (κ1) is 12.9. The Hall–Kier alpha value is -2.15. The summed E-state index contributed by atoms with van der Waals surface area (Å²) in [7, 11) is 0. The first-order chi connectivity index (χ1) is 9.76. The zero-order valence-electron chi connectivity index (χ0n) is 11.2. The van der Waals surface area contributed by atoms with E-state index in [9.17, 15) is 5.26 Å². The number of nitrogens with zero attached hydrogens (tertiary/aromatic N) is 1. The fourth-order valence-corrected chi connectivity index (χ4v) is 2.51. The lowest BCUT2D eigenvalue weighted by Crippen LogP contribution is -2.29. The molecule has 20 heavy (non-hydrogen) atoms. The van der Waals surface area contributed by atoms with Crippen molar-refractivity contribution in [3.05, 3.63) is 71.8 Å². The highest BCUT2D eigenvalue weighted by molar-refractivity contribution is 5.35. The van der Waals surface area contributed by atoms with Gasteiger partial charge in [-0.1, -0.05) is 60.7 Å². The maximum atomic E-state index is 9.21. The standard InChI is InChI=1S/C17H15NO2/c1-13-16(12-18)20-17(19-13,14-8-4-2-5-9-14)15-10-6-3-7-11-15/h2-11,13,16H,1H3. The van der Waals surface area contributed by atoms with E-state index in [1.54, 1.807) is 0 Å². The molecule has 2 atom stereocenters. The van der Waals surface area contributed by atoms with E-state index >= 15 is 0 Å². The van der Waals surface area contributed by atoms with Crippen molar-refractivity contribution in [2.45, 2.75) is 24.9 Å². The van der Waals surface area contributed by atoms with E-state index in [-0.39, 0.29) is 6.10 Å². The van der Waals surface area contributed by atoms with Crippen LogP contribution in [0, 0.1) is 11.3 Å². The average Bonchev–Trinajstić information content (AvgIpc) is 2.87. The molecule has 2 aromatic rings. The molecular weight excluding hydrogens is 250 g/mol. The first-order valence-corrected chi connectivity index (χ1v) is 6.62. The van der Waals surface area contributed by atoms with Crippen LogP contribution in [0.15, 0.2) is 60.7 Å². The Bertz CT molecular complexity index is 579. The minimum absolute atomic E-state index is 0.277. The zero-order chi connectivity index (χ0) is 14.0. The van der Waals surface area contributed by atoms with Gasteiger partial charge < -0.3 is 9.47 Å². The maximum Gasteiger partial charge on any atom is 0.224 e. The molecule has 1 aliphatic rings. The molecule has 0 N–H and O–H groups in total. The summed E-state index contributed by atoms with van der Waals surface area (Å²) in [6.07, 6.45) is -0.851. The molecule has 0 spiro atoms. The Morgan fingerprint density at radius 2 is 1.40 bits per heavy atom. The van der Waals surface area contributed by atoms with Crippen LogP contribution < -0.4 is 0 Å². The van der Waals surface area contributed by atoms with Crippen LogP contribution in [0.25, 0.3) is 0 Å². The van der Waals surface area contributed by atoms with E-state index in [0.717, 1.165) is 11.1 Å². The maximum absolute atomic E-state index is 9.21. The van der Waals surface area contributed by atoms with Crippen molar-refractivity contribution in [3.63, 3.8) is 0 Å². The molecule has 0 saturated carbocycles. The van der Waals surface area contributed by atoms with Gasteiger partial charge in [0.25, 0.3) is 0 Å². The van der Waals surface area contributed by atoms with Crippen LogP contribution >= 0.6 is 0 Å². The van der Waals surface area contributed by atoms with Gasteiger partial charge >= 0.3 is 0 Å². The minimum atomic E-state index is -0.998. The second kappa shape index (κ2) is 5.09. The number of ether oxygens (including phenoxy) is 2. The SMILES string of the molecule is CC1OC(c2ccccc2)(c2ccccc2)OC1C#N. The number of hydrogen-bond acceptors (Lipinski definition) is 3. The van der Waals surface area contributed by atoms with Crippen molar-refractivity contribution in [3.8, 4) is 6.07 Å². The third-order valence-corrected chi connectivity index (χ3v) is 3.51. The van der Waals surface area contributed by atoms with E-state index < -0.39 is 11.9 Å². The zero-order valence-corrected chi connectivity index (χ0v) is 11.2. The lowest BCUT2D eigenvalue weighted by atomic mass is 9.97. The van der Waals surface area contributed by atoms with Crippen LogP contribution in [0.1, 0.15) is 18.1 Å². The van der Waals surface area contributed by atoms with E-state index in [1.165, 1.54) is 0 Å². The van der Waals surface area contributed by atoms with Crippen LogP contribution in [0.5, 0.6) is 0 Å². The highest BCUT2D eigenvalue weighted by Gasteiger charge is 2.48. The van der Waals surface area contributed by atoms with Crippen molar-refractivity contribution in [2.75, 3.05) is 0 Å². The van der Waals surface area contributed by atoms with Crippen molar-refractivity contribution in [2.24, 2.45) is 0 Å². The molecule has 1 heterocycles. The molecule has 3 rings (SSSR count). The number of hydrogen-bond donors (Lipinski definition) is 0. The van der Waals surface area contributed by atoms with Gasteiger partial charge in [-0.2, -0.15) is 5.26 Å². The normalized spacial score (nSPS) is 24.2. The van der Waals surface area contributed by atoms with Gasteiger partial charge in [0.05, 0.1) is 12.2 Å². The molecule has 0 radical (unpaired) electrons. The third-order valence-electron chi connectivity index (χ3n) is 3.51. The lowest BCUT2D eigenvalue weighted by Gasteiger charge is -2.28. The van der Waals surface area contributed by atoms with Gasteiger partial charge in [0, 0.05) is 11.1 Å². The quantitative estimate of drug-likeness (QED) is 0.837. The Morgan fingerprint density at radius 1 is 0.900 bits per heavy atom. The molecule has 100 valence electrons. The monoisotopic (exact) mass is 265 g/mol. The van der Waals surface area contributed by atoms with Crippen molar-refractivity contribution in [1.29, 1.82) is 5.26 Å². The van der Waals surface area contributed by atoms with Crippen molar-refractivity contribution in [1.82, 2.24) is 0 Å². The fourth-order valence-electron chi connectivity index (χ4n) is 2.51. The van der Waals surface area contributed by atoms with Gasteiger partial charge in [-0.25, -0.2) is 0 Å². The van der Waals surface area contributed by atoms with E-state index in [2.05, 4.69) is 6.07 Å². The van der Waals surface area contributed by atoms with Gasteiger partial charge in [0.15, 0.2) is 6.10 Å². The molecule has 1 fully saturated rings. The highest BCUT2D eigenvalue weighted by atomic mass is 16.8. The van der Waals surface area contributed by atoms with Gasteiger partial charge in [-0.3, -0.25) is 0 Å². The first-order valence-electron chi connectivity index (χ1n) is 6.62. The molecule has 0 aromatic heterocycles. The Balaban J connectivity index is 2.13. The van der Waals surface area contributed by atoms with Gasteiger partial charge in [-0.15, -0.1) is 0 Å². The molecule has 0 amide bonds. The third kappa shape index (κ3) is 2.00. The predicted molar refractivity (Wildman–Crippen MR) is 74.7 cm³/mol. The largest absolute Gasteiger partial charge is 0.335 e. The second-order valence-corrected chi connectivity index (χ2v) is 4.84.